The molecule has 0 radical (unpaired) electrons. The maximum Gasteiger partial charge on any atom is 0.509 e. The number of nitrogens with zero attached hydrogens (tertiary/aromatic N) is 1. The Morgan fingerprint density at radius 2 is 2.00 bits per heavy atom. The third-order valence-electron chi connectivity index (χ3n) is 2.72. The molecule has 1 aliphatic heterocycles. The molecule has 0 aliphatic carbocycles. The van der Waals surface area contributed by atoms with E-state index in [0.717, 1.165) is 0 Å². The number of nitro benzene ring substituents is 1. The number of hydrogen-bond donors (Lipinski definition) is 2. The Labute approximate surface area is 118 Å². The van der Waals surface area contributed by atoms with Crippen molar-refractivity contribution in [2.45, 2.75) is 12.2 Å². The largest absolute Gasteiger partial charge is 0.509 e. The number of nitrogens with one attached hydrogen (secondary N) is 1. The summed E-state index contributed by atoms with van der Waals surface area (Å²) in [5, 5.41) is 11.0. The molecule has 1 aromatic carbocycles. The molecule has 1 fully saturated rings. The minimum absolute atomic E-state index is 0.0653. The number of ether oxygens (including phenoxy) is 2. The van der Waals surface area contributed by atoms with Crippen LogP contribution in [0.2, 0.25) is 0 Å². The van der Waals surface area contributed by atoms with Gasteiger partial charge >= 0.3 is 16.5 Å². The molecule has 1 heterocycles. The molecule has 2 rings (SSSR count). The van der Waals surface area contributed by atoms with E-state index < -0.39 is 40.1 Å². The van der Waals surface area contributed by atoms with Gasteiger partial charge in [0.25, 0.3) is 5.69 Å². The van der Waals surface area contributed by atoms with Gasteiger partial charge in [0.15, 0.2) is 12.2 Å². The van der Waals surface area contributed by atoms with Gasteiger partial charge < -0.3 is 9.47 Å². The van der Waals surface area contributed by atoms with Crippen molar-refractivity contribution in [3.8, 4) is 0 Å². The third-order valence-corrected chi connectivity index (χ3v) is 3.25. The number of para-hydroxylation sites is 1. The number of cyclic esters (lactones) is 2. The second kappa shape index (κ2) is 5.63. The lowest BCUT2D eigenvalue weighted by Gasteiger charge is -2.15. The molecule has 0 aromatic heterocycles. The highest BCUT2D eigenvalue weighted by Gasteiger charge is 2.41. The normalized spacial score (nSPS) is 21.7. The van der Waals surface area contributed by atoms with Crippen molar-refractivity contribution in [2.24, 2.45) is 0 Å². The van der Waals surface area contributed by atoms with Crippen LogP contribution >= 0.6 is 0 Å². The first-order valence-corrected chi connectivity index (χ1v) is 7.04. The molecule has 2 atom stereocenters. The van der Waals surface area contributed by atoms with Crippen molar-refractivity contribution in [1.82, 2.24) is 4.72 Å². The van der Waals surface area contributed by atoms with Crippen molar-refractivity contribution < 1.29 is 32.2 Å². The van der Waals surface area contributed by atoms with Crippen LogP contribution in [0.15, 0.2) is 24.3 Å². The van der Waals surface area contributed by atoms with E-state index in [0.29, 0.717) is 0 Å². The van der Waals surface area contributed by atoms with Crippen LogP contribution in [0.3, 0.4) is 0 Å². The molecule has 21 heavy (non-hydrogen) atoms. The molecule has 0 amide bonds. The molecule has 0 spiro atoms. The topological polar surface area (TPSA) is 145 Å². The van der Waals surface area contributed by atoms with E-state index in [2.05, 4.69) is 0 Å². The van der Waals surface area contributed by atoms with Crippen molar-refractivity contribution >= 4 is 22.1 Å². The molecule has 2 N–H and O–H groups in total. The Bertz CT molecular complexity index is 673. The molecule has 0 bridgehead atoms. The van der Waals surface area contributed by atoms with E-state index in [1.807, 2.05) is 0 Å². The Hall–Kier alpha value is -2.24. The van der Waals surface area contributed by atoms with Crippen LogP contribution in [0.4, 0.5) is 10.5 Å². The Balaban J connectivity index is 2.28. The zero-order chi connectivity index (χ0) is 15.6. The van der Waals surface area contributed by atoms with E-state index in [1.54, 1.807) is 4.72 Å². The van der Waals surface area contributed by atoms with Crippen molar-refractivity contribution in [3.63, 3.8) is 0 Å². The van der Waals surface area contributed by atoms with Crippen LogP contribution in [0.25, 0.3) is 0 Å². The zero-order valence-corrected chi connectivity index (χ0v) is 11.1. The van der Waals surface area contributed by atoms with Gasteiger partial charge in [0.1, 0.15) is 0 Å². The van der Waals surface area contributed by atoms with Crippen LogP contribution in [-0.4, -0.2) is 36.7 Å². The van der Waals surface area contributed by atoms with Crippen LogP contribution in [0.1, 0.15) is 11.7 Å². The summed E-state index contributed by atoms with van der Waals surface area (Å²) in [5.74, 6) is 0. The summed E-state index contributed by atoms with van der Waals surface area (Å²) in [7, 11) is -4.49. The summed E-state index contributed by atoms with van der Waals surface area (Å²) in [6.07, 6.45) is -3.38. The number of rotatable bonds is 5. The number of hydrogen-bond acceptors (Lipinski definition) is 7. The standard InChI is InChI=1S/C10H10N2O8S/c13-10-19-8(5-11-21(16,17)18)9(20-10)6-3-1-2-4-7(6)12(14)15/h1-4,8-9,11H,5H2,(H,16,17,18)/t8-,9-/m0/s1. The summed E-state index contributed by atoms with van der Waals surface area (Å²) in [6, 6.07) is 5.52. The van der Waals surface area contributed by atoms with Gasteiger partial charge in [-0.05, 0) is 6.07 Å². The molecule has 11 heteroatoms. The fourth-order valence-corrected chi connectivity index (χ4v) is 2.26. The number of carbonyl (C=O) groups excluding carboxylic acids is 1. The lowest BCUT2D eigenvalue weighted by atomic mass is 10.0. The summed E-state index contributed by atoms with van der Waals surface area (Å²) in [4.78, 5) is 21.5. The quantitative estimate of drug-likeness (QED) is 0.347. The first-order chi connectivity index (χ1) is 9.78. The minimum atomic E-state index is -4.49. The molecular weight excluding hydrogens is 308 g/mol. The van der Waals surface area contributed by atoms with E-state index in [9.17, 15) is 23.3 Å². The highest BCUT2D eigenvalue weighted by molar-refractivity contribution is 7.83. The van der Waals surface area contributed by atoms with Gasteiger partial charge in [-0.25, -0.2) is 4.79 Å². The van der Waals surface area contributed by atoms with Gasteiger partial charge in [-0.3, -0.25) is 14.7 Å². The molecule has 0 unspecified atom stereocenters. The third kappa shape index (κ3) is 3.65. The molecular formula is C10H10N2O8S. The molecule has 1 aliphatic rings. The molecule has 114 valence electrons. The van der Waals surface area contributed by atoms with Crippen molar-refractivity contribution in [3.05, 3.63) is 39.9 Å². The smallest absolute Gasteiger partial charge is 0.425 e. The van der Waals surface area contributed by atoms with Crippen molar-refractivity contribution in [1.29, 1.82) is 0 Å². The van der Waals surface area contributed by atoms with Crippen LogP contribution < -0.4 is 4.72 Å². The van der Waals surface area contributed by atoms with Gasteiger partial charge in [-0.1, -0.05) is 12.1 Å². The predicted octanol–water partition coefficient (Wildman–Crippen LogP) is 0.564. The number of benzene rings is 1. The molecule has 10 nitrogen and oxygen atoms in total. The SMILES string of the molecule is O=C1O[C@@H](CNS(=O)(=O)O)[C@H](c2ccccc2[N+](=O)[O-])O1. The lowest BCUT2D eigenvalue weighted by molar-refractivity contribution is -0.386. The first kappa shape index (κ1) is 15.2. The Morgan fingerprint density at radius 3 is 2.62 bits per heavy atom. The fourth-order valence-electron chi connectivity index (χ4n) is 1.89. The number of nitro groups is 1. The molecule has 1 aromatic rings. The lowest BCUT2D eigenvalue weighted by Crippen LogP contribution is -2.34. The van der Waals surface area contributed by atoms with E-state index in [1.165, 1.54) is 24.3 Å². The van der Waals surface area contributed by atoms with Crippen LogP contribution in [0.5, 0.6) is 0 Å². The summed E-state index contributed by atoms with van der Waals surface area (Å²) < 4.78 is 41.2. The minimum Gasteiger partial charge on any atom is -0.425 e. The Morgan fingerprint density at radius 1 is 1.33 bits per heavy atom. The highest BCUT2D eigenvalue weighted by atomic mass is 32.2. The molecule has 1 saturated heterocycles. The summed E-state index contributed by atoms with van der Waals surface area (Å²) in [6.45, 7) is -0.485. The van der Waals surface area contributed by atoms with E-state index >= 15 is 0 Å². The second-order valence-electron chi connectivity index (χ2n) is 4.08. The summed E-state index contributed by atoms with van der Waals surface area (Å²) >= 11 is 0. The average molecular weight is 318 g/mol. The maximum absolute atomic E-state index is 11.2. The van der Waals surface area contributed by atoms with Gasteiger partial charge in [0.05, 0.1) is 17.0 Å². The average Bonchev–Trinajstić information content (AvgIpc) is 2.76. The van der Waals surface area contributed by atoms with Crippen molar-refractivity contribution in [2.75, 3.05) is 6.54 Å². The summed E-state index contributed by atoms with van der Waals surface area (Å²) in [5.41, 5.74) is -0.229. The molecule has 0 saturated carbocycles. The van der Waals surface area contributed by atoms with Gasteiger partial charge in [-0.15, -0.1) is 0 Å². The number of carbonyl (C=O) groups is 1. The van der Waals surface area contributed by atoms with Gasteiger partial charge in [0, 0.05) is 6.07 Å². The van der Waals surface area contributed by atoms with E-state index in [-0.39, 0.29) is 11.3 Å². The van der Waals surface area contributed by atoms with Gasteiger partial charge in [-0.2, -0.15) is 13.1 Å². The van der Waals surface area contributed by atoms with Gasteiger partial charge in [0.2, 0.25) is 0 Å². The predicted molar refractivity (Wildman–Crippen MR) is 66.7 cm³/mol. The zero-order valence-electron chi connectivity index (χ0n) is 10.3. The van der Waals surface area contributed by atoms with Crippen LogP contribution in [-0.2, 0) is 19.8 Å². The first-order valence-electron chi connectivity index (χ1n) is 5.60. The fraction of sp³-hybridized carbons (Fsp3) is 0.300. The van der Waals surface area contributed by atoms with Crippen LogP contribution in [0, 0.1) is 10.1 Å². The maximum atomic E-state index is 11.2. The Kier molecular flexibility index (Phi) is 4.06. The van der Waals surface area contributed by atoms with E-state index in [4.69, 9.17) is 14.0 Å². The highest BCUT2D eigenvalue weighted by Crippen LogP contribution is 2.35. The second-order valence-corrected chi connectivity index (χ2v) is 5.32. The monoisotopic (exact) mass is 318 g/mol.